The molecule has 3 nitrogen and oxygen atoms in total. The highest BCUT2D eigenvalue weighted by molar-refractivity contribution is 4.93. The number of hydrogen-bond acceptors (Lipinski definition) is 3. The Bertz CT molecular complexity index is 195. The number of ether oxygens (including phenoxy) is 1. The lowest BCUT2D eigenvalue weighted by Crippen LogP contribution is -2.26. The zero-order chi connectivity index (χ0) is 10.7. The van der Waals surface area contributed by atoms with Crippen LogP contribution in [-0.4, -0.2) is 35.1 Å². The monoisotopic (exact) mass is 214 g/mol. The molecule has 1 heterocycles. The van der Waals surface area contributed by atoms with Crippen molar-refractivity contribution in [3.8, 4) is 0 Å². The van der Waals surface area contributed by atoms with Crippen LogP contribution in [0.2, 0.25) is 0 Å². The number of rotatable bonds is 4. The van der Waals surface area contributed by atoms with Gasteiger partial charge in [0.15, 0.2) is 0 Å². The third-order valence-electron chi connectivity index (χ3n) is 3.97. The van der Waals surface area contributed by atoms with Crippen molar-refractivity contribution in [3.05, 3.63) is 0 Å². The van der Waals surface area contributed by atoms with Crippen molar-refractivity contribution in [2.75, 3.05) is 13.2 Å². The molecule has 0 bridgehead atoms. The summed E-state index contributed by atoms with van der Waals surface area (Å²) < 4.78 is 6.12. The van der Waals surface area contributed by atoms with Crippen LogP contribution in [0.3, 0.4) is 0 Å². The summed E-state index contributed by atoms with van der Waals surface area (Å²) in [6, 6.07) is 0. The van der Waals surface area contributed by atoms with E-state index < -0.39 is 0 Å². The van der Waals surface area contributed by atoms with E-state index in [1.54, 1.807) is 0 Å². The second-order valence-corrected chi connectivity index (χ2v) is 5.14. The Kier molecular flexibility index (Phi) is 3.65. The topological polar surface area (TPSA) is 49.7 Å². The Balaban J connectivity index is 1.81. The average molecular weight is 214 g/mol. The standard InChI is InChI=1S/C12H22O3/c13-8-10(9-14)7-11-3-6-12(15-11)4-1-2-5-12/h10-11,13-14H,1-9H2. The normalized spacial score (nSPS) is 29.4. The largest absolute Gasteiger partial charge is 0.396 e. The molecule has 0 aromatic carbocycles. The Morgan fingerprint density at radius 3 is 2.40 bits per heavy atom. The molecule has 1 atom stereocenters. The van der Waals surface area contributed by atoms with Crippen LogP contribution in [0.15, 0.2) is 0 Å². The molecule has 1 saturated heterocycles. The molecule has 2 rings (SSSR count). The summed E-state index contributed by atoms with van der Waals surface area (Å²) in [5.74, 6) is 0.00607. The second kappa shape index (κ2) is 4.81. The fourth-order valence-electron chi connectivity index (χ4n) is 3.03. The number of aliphatic hydroxyl groups is 2. The van der Waals surface area contributed by atoms with E-state index in [0.717, 1.165) is 12.8 Å². The lowest BCUT2D eigenvalue weighted by molar-refractivity contribution is -0.0498. The first-order valence-corrected chi connectivity index (χ1v) is 6.17. The van der Waals surface area contributed by atoms with Gasteiger partial charge in [0.25, 0.3) is 0 Å². The third-order valence-corrected chi connectivity index (χ3v) is 3.97. The van der Waals surface area contributed by atoms with Crippen molar-refractivity contribution in [1.82, 2.24) is 0 Å². The molecule has 1 aliphatic heterocycles. The van der Waals surface area contributed by atoms with Gasteiger partial charge in [-0.2, -0.15) is 0 Å². The van der Waals surface area contributed by atoms with Crippen LogP contribution in [0.4, 0.5) is 0 Å². The molecule has 3 heteroatoms. The summed E-state index contributed by atoms with van der Waals surface area (Å²) >= 11 is 0. The van der Waals surface area contributed by atoms with E-state index in [9.17, 15) is 0 Å². The first-order chi connectivity index (χ1) is 7.28. The fourth-order valence-corrected chi connectivity index (χ4v) is 3.03. The van der Waals surface area contributed by atoms with E-state index >= 15 is 0 Å². The lowest BCUT2D eigenvalue weighted by Gasteiger charge is -2.25. The van der Waals surface area contributed by atoms with Gasteiger partial charge in [0, 0.05) is 19.1 Å². The summed E-state index contributed by atoms with van der Waals surface area (Å²) in [6.07, 6.45) is 8.41. The Morgan fingerprint density at radius 1 is 1.13 bits per heavy atom. The predicted molar refractivity (Wildman–Crippen MR) is 57.6 cm³/mol. The number of aliphatic hydroxyl groups excluding tert-OH is 2. The molecular weight excluding hydrogens is 192 g/mol. The van der Waals surface area contributed by atoms with E-state index in [1.807, 2.05) is 0 Å². The second-order valence-electron chi connectivity index (χ2n) is 5.14. The summed E-state index contributed by atoms with van der Waals surface area (Å²) in [5.41, 5.74) is 0.181. The summed E-state index contributed by atoms with van der Waals surface area (Å²) in [7, 11) is 0. The molecule has 2 aliphatic rings. The van der Waals surface area contributed by atoms with Gasteiger partial charge in [0.1, 0.15) is 0 Å². The van der Waals surface area contributed by atoms with Crippen molar-refractivity contribution in [3.63, 3.8) is 0 Å². The van der Waals surface area contributed by atoms with Crippen LogP contribution < -0.4 is 0 Å². The van der Waals surface area contributed by atoms with Gasteiger partial charge < -0.3 is 14.9 Å². The SMILES string of the molecule is OCC(CO)CC1CCC2(CCCC2)O1. The first kappa shape index (κ1) is 11.4. The maximum absolute atomic E-state index is 9.03. The molecule has 0 aromatic rings. The molecule has 2 fully saturated rings. The van der Waals surface area contributed by atoms with Crippen LogP contribution >= 0.6 is 0 Å². The Labute approximate surface area is 91.4 Å². The molecule has 0 amide bonds. The predicted octanol–water partition coefficient (Wildman–Crippen LogP) is 1.47. The molecular formula is C12H22O3. The molecule has 2 N–H and O–H groups in total. The van der Waals surface area contributed by atoms with E-state index in [-0.39, 0.29) is 30.8 Å². The summed E-state index contributed by atoms with van der Waals surface area (Å²) in [4.78, 5) is 0. The van der Waals surface area contributed by atoms with Crippen LogP contribution in [0.25, 0.3) is 0 Å². The smallest absolute Gasteiger partial charge is 0.0687 e. The molecule has 15 heavy (non-hydrogen) atoms. The zero-order valence-electron chi connectivity index (χ0n) is 9.32. The summed E-state index contributed by atoms with van der Waals surface area (Å²) in [6.45, 7) is 0.146. The van der Waals surface area contributed by atoms with E-state index in [2.05, 4.69) is 0 Å². The minimum atomic E-state index is 0.00607. The van der Waals surface area contributed by atoms with Gasteiger partial charge in [-0.3, -0.25) is 0 Å². The first-order valence-electron chi connectivity index (χ1n) is 6.17. The van der Waals surface area contributed by atoms with Crippen molar-refractivity contribution < 1.29 is 14.9 Å². The molecule has 1 aliphatic carbocycles. The van der Waals surface area contributed by atoms with Crippen LogP contribution in [0, 0.1) is 5.92 Å². The minimum Gasteiger partial charge on any atom is -0.396 e. The van der Waals surface area contributed by atoms with Gasteiger partial charge in [0.05, 0.1) is 11.7 Å². The van der Waals surface area contributed by atoms with Gasteiger partial charge in [-0.15, -0.1) is 0 Å². The Hall–Kier alpha value is -0.120. The highest BCUT2D eigenvalue weighted by atomic mass is 16.5. The maximum Gasteiger partial charge on any atom is 0.0687 e. The van der Waals surface area contributed by atoms with E-state index in [4.69, 9.17) is 14.9 Å². The van der Waals surface area contributed by atoms with E-state index in [0.29, 0.717) is 0 Å². The highest BCUT2D eigenvalue weighted by Gasteiger charge is 2.42. The zero-order valence-corrected chi connectivity index (χ0v) is 9.32. The van der Waals surface area contributed by atoms with Gasteiger partial charge in [-0.1, -0.05) is 12.8 Å². The molecule has 1 unspecified atom stereocenters. The average Bonchev–Trinajstić information content (AvgIpc) is 2.87. The molecule has 0 aromatic heterocycles. The minimum absolute atomic E-state index is 0.00607. The third kappa shape index (κ3) is 2.52. The fraction of sp³-hybridized carbons (Fsp3) is 1.00. The molecule has 88 valence electrons. The van der Waals surface area contributed by atoms with Gasteiger partial charge >= 0.3 is 0 Å². The van der Waals surface area contributed by atoms with Gasteiger partial charge in [-0.05, 0) is 32.1 Å². The quantitative estimate of drug-likeness (QED) is 0.745. The van der Waals surface area contributed by atoms with Crippen molar-refractivity contribution in [1.29, 1.82) is 0 Å². The van der Waals surface area contributed by atoms with Gasteiger partial charge in [-0.25, -0.2) is 0 Å². The maximum atomic E-state index is 9.03. The highest BCUT2D eigenvalue weighted by Crippen LogP contribution is 2.44. The molecule has 0 radical (unpaired) electrons. The van der Waals surface area contributed by atoms with Crippen molar-refractivity contribution in [2.45, 2.75) is 56.7 Å². The van der Waals surface area contributed by atoms with E-state index in [1.165, 1.54) is 32.1 Å². The molecule has 1 spiro atoms. The van der Waals surface area contributed by atoms with Crippen molar-refractivity contribution >= 4 is 0 Å². The van der Waals surface area contributed by atoms with Crippen LogP contribution in [-0.2, 0) is 4.74 Å². The van der Waals surface area contributed by atoms with Crippen LogP contribution in [0.1, 0.15) is 44.9 Å². The molecule has 1 saturated carbocycles. The lowest BCUT2D eigenvalue weighted by atomic mass is 9.96. The van der Waals surface area contributed by atoms with Crippen molar-refractivity contribution in [2.24, 2.45) is 5.92 Å². The van der Waals surface area contributed by atoms with Gasteiger partial charge in [0.2, 0.25) is 0 Å². The Morgan fingerprint density at radius 2 is 1.80 bits per heavy atom. The number of hydrogen-bond donors (Lipinski definition) is 2. The van der Waals surface area contributed by atoms with Crippen LogP contribution in [0.5, 0.6) is 0 Å². The summed E-state index contributed by atoms with van der Waals surface area (Å²) in [5, 5.41) is 18.1.